The van der Waals surface area contributed by atoms with Gasteiger partial charge in [-0.1, -0.05) is 30.3 Å². The van der Waals surface area contributed by atoms with E-state index in [0.29, 0.717) is 16.9 Å². The Balaban J connectivity index is 0.00000364. The number of allylic oxidation sites excluding steroid dienone is 1. The number of carboxylic acid groups (broad SMARTS) is 1. The van der Waals surface area contributed by atoms with Crippen molar-refractivity contribution in [2.24, 2.45) is 0 Å². The molecule has 8 nitrogen and oxygen atoms in total. The minimum atomic E-state index is -1.07. The van der Waals surface area contributed by atoms with Gasteiger partial charge in [0.2, 0.25) is 5.91 Å². The summed E-state index contributed by atoms with van der Waals surface area (Å²) in [6.07, 6.45) is 1.22. The fourth-order valence-corrected chi connectivity index (χ4v) is 2.24. The molecule has 136 valence electrons. The fraction of sp³-hybridized carbons (Fsp3) is 0.111. The molecule has 0 spiro atoms. The summed E-state index contributed by atoms with van der Waals surface area (Å²) in [4.78, 5) is 33.5. The minimum absolute atomic E-state index is 0. The van der Waals surface area contributed by atoms with Crippen molar-refractivity contribution in [1.82, 2.24) is 5.32 Å². The second-order valence-electron chi connectivity index (χ2n) is 5.45. The maximum Gasteiger partial charge on any atom is 1.00 e. The number of carbonyl (C=O) groups is 2. The predicted octanol–water partition coefficient (Wildman–Crippen LogP) is -0.0309. The van der Waals surface area contributed by atoms with Crippen LogP contribution in [0.3, 0.4) is 0 Å². The Labute approximate surface area is 179 Å². The number of aliphatic carboxylic acids is 1. The van der Waals surface area contributed by atoms with Gasteiger partial charge in [-0.15, -0.1) is 0 Å². The van der Waals surface area contributed by atoms with Crippen molar-refractivity contribution in [1.29, 1.82) is 0 Å². The molecule has 0 fully saturated rings. The SMILES string of the molecule is C/C(=C\C(=O)Nc1ccc([N+](=O)[O-])cc1)NC(C(=O)O)c1ccccc1.[H-].[Na+]. The van der Waals surface area contributed by atoms with Crippen molar-refractivity contribution in [3.63, 3.8) is 0 Å². The zero-order chi connectivity index (χ0) is 19.1. The molecular formula is C18H18N3NaO5. The van der Waals surface area contributed by atoms with E-state index < -0.39 is 22.8 Å². The second kappa shape index (κ2) is 10.5. The minimum Gasteiger partial charge on any atom is -1.00 e. The Hall–Kier alpha value is -2.68. The van der Waals surface area contributed by atoms with Crippen LogP contribution >= 0.6 is 0 Å². The third kappa shape index (κ3) is 6.86. The van der Waals surface area contributed by atoms with Crippen LogP contribution in [-0.2, 0) is 9.59 Å². The van der Waals surface area contributed by atoms with E-state index in [1.54, 1.807) is 37.3 Å². The summed E-state index contributed by atoms with van der Waals surface area (Å²) in [6, 6.07) is 13.0. The monoisotopic (exact) mass is 379 g/mol. The van der Waals surface area contributed by atoms with E-state index in [1.165, 1.54) is 30.3 Å². The van der Waals surface area contributed by atoms with E-state index in [1.807, 2.05) is 0 Å². The van der Waals surface area contributed by atoms with E-state index >= 15 is 0 Å². The van der Waals surface area contributed by atoms with Crippen LogP contribution in [0.2, 0.25) is 0 Å². The molecule has 27 heavy (non-hydrogen) atoms. The Kier molecular flexibility index (Phi) is 8.67. The van der Waals surface area contributed by atoms with Crippen LogP contribution in [-0.4, -0.2) is 21.9 Å². The summed E-state index contributed by atoms with van der Waals surface area (Å²) in [7, 11) is 0. The zero-order valence-corrected chi connectivity index (χ0v) is 16.9. The van der Waals surface area contributed by atoms with E-state index in [9.17, 15) is 24.8 Å². The molecule has 1 unspecified atom stereocenters. The topological polar surface area (TPSA) is 122 Å². The molecule has 2 aromatic rings. The van der Waals surface area contributed by atoms with Crippen LogP contribution in [0, 0.1) is 10.1 Å². The van der Waals surface area contributed by atoms with Crippen LogP contribution in [0.25, 0.3) is 0 Å². The molecule has 0 aliphatic carbocycles. The first-order valence-corrected chi connectivity index (χ1v) is 7.65. The molecular weight excluding hydrogens is 361 g/mol. The maximum absolute atomic E-state index is 12.0. The standard InChI is InChI=1S/C18H17N3O5.Na.H/c1-12(19-17(18(23)24)13-5-3-2-4-6-13)11-16(22)20-14-7-9-15(10-8-14)21(25)26;;/h2-11,17,19H,1H3,(H,20,22)(H,23,24);;/q;+1;-1/b12-11+;;. The number of nitro groups is 1. The Morgan fingerprint density at radius 1 is 1.15 bits per heavy atom. The average Bonchev–Trinajstić information content (AvgIpc) is 2.60. The number of anilines is 1. The summed E-state index contributed by atoms with van der Waals surface area (Å²) in [5, 5.41) is 25.3. The first-order valence-electron chi connectivity index (χ1n) is 7.65. The van der Waals surface area contributed by atoms with Crippen LogP contribution in [0.5, 0.6) is 0 Å². The first kappa shape index (κ1) is 22.4. The number of carboxylic acids is 1. The van der Waals surface area contributed by atoms with Crippen LogP contribution in [0.1, 0.15) is 20.0 Å². The zero-order valence-electron chi connectivity index (χ0n) is 15.9. The van der Waals surface area contributed by atoms with Gasteiger partial charge in [0.05, 0.1) is 4.92 Å². The number of amides is 1. The summed E-state index contributed by atoms with van der Waals surface area (Å²) < 4.78 is 0. The molecule has 1 atom stereocenters. The third-order valence-corrected chi connectivity index (χ3v) is 3.45. The normalized spacial score (nSPS) is 11.7. The smallest absolute Gasteiger partial charge is 1.00 e. The van der Waals surface area contributed by atoms with Gasteiger partial charge in [0, 0.05) is 29.6 Å². The van der Waals surface area contributed by atoms with Crippen molar-refractivity contribution >= 4 is 23.3 Å². The van der Waals surface area contributed by atoms with Crippen molar-refractivity contribution in [3.8, 4) is 0 Å². The molecule has 0 heterocycles. The summed E-state index contributed by atoms with van der Waals surface area (Å²) in [5.41, 5.74) is 1.23. The predicted molar refractivity (Wildman–Crippen MR) is 96.5 cm³/mol. The maximum atomic E-state index is 12.0. The van der Waals surface area contributed by atoms with Gasteiger partial charge < -0.3 is 17.2 Å². The first-order chi connectivity index (χ1) is 12.4. The summed E-state index contributed by atoms with van der Waals surface area (Å²) in [6.45, 7) is 1.58. The quantitative estimate of drug-likeness (QED) is 0.269. The Bertz CT molecular complexity index is 844. The van der Waals surface area contributed by atoms with Crippen molar-refractivity contribution in [2.75, 3.05) is 5.32 Å². The Morgan fingerprint density at radius 2 is 1.74 bits per heavy atom. The van der Waals surface area contributed by atoms with E-state index in [0.717, 1.165) is 0 Å². The Morgan fingerprint density at radius 3 is 2.26 bits per heavy atom. The van der Waals surface area contributed by atoms with Crippen LogP contribution in [0.4, 0.5) is 11.4 Å². The van der Waals surface area contributed by atoms with Gasteiger partial charge in [-0.3, -0.25) is 14.9 Å². The molecule has 3 N–H and O–H groups in total. The molecule has 0 saturated carbocycles. The number of carbonyl (C=O) groups excluding carboxylic acids is 1. The molecule has 0 bridgehead atoms. The van der Waals surface area contributed by atoms with Gasteiger partial charge in [-0.25, -0.2) is 4.79 Å². The number of nitrogens with zero attached hydrogens (tertiary/aromatic N) is 1. The third-order valence-electron chi connectivity index (χ3n) is 3.45. The second-order valence-corrected chi connectivity index (χ2v) is 5.45. The van der Waals surface area contributed by atoms with Gasteiger partial charge in [0.15, 0.2) is 0 Å². The van der Waals surface area contributed by atoms with E-state index in [4.69, 9.17) is 0 Å². The molecule has 0 aromatic heterocycles. The number of non-ortho nitro benzene ring substituents is 1. The average molecular weight is 379 g/mol. The van der Waals surface area contributed by atoms with Crippen molar-refractivity contribution in [3.05, 3.63) is 82.0 Å². The molecule has 9 heteroatoms. The number of hydrogen-bond acceptors (Lipinski definition) is 5. The van der Waals surface area contributed by atoms with E-state index in [2.05, 4.69) is 10.6 Å². The summed E-state index contributed by atoms with van der Waals surface area (Å²) >= 11 is 0. The van der Waals surface area contributed by atoms with E-state index in [-0.39, 0.29) is 36.7 Å². The molecule has 2 aromatic carbocycles. The largest absolute Gasteiger partial charge is 1.00 e. The molecule has 0 radical (unpaired) electrons. The fourth-order valence-electron chi connectivity index (χ4n) is 2.24. The number of benzene rings is 2. The molecule has 2 rings (SSSR count). The van der Waals surface area contributed by atoms with Gasteiger partial charge >= 0.3 is 35.5 Å². The number of hydrogen-bond donors (Lipinski definition) is 3. The molecule has 0 aliphatic rings. The molecule has 1 amide bonds. The number of nitrogens with one attached hydrogen (secondary N) is 2. The van der Waals surface area contributed by atoms with Gasteiger partial charge in [-0.2, -0.15) is 0 Å². The van der Waals surface area contributed by atoms with Crippen LogP contribution in [0.15, 0.2) is 66.4 Å². The van der Waals surface area contributed by atoms with Gasteiger partial charge in [-0.05, 0) is 24.6 Å². The van der Waals surface area contributed by atoms with Gasteiger partial charge in [0.25, 0.3) is 5.69 Å². The molecule has 0 saturated heterocycles. The number of rotatable bonds is 7. The van der Waals surface area contributed by atoms with Crippen molar-refractivity contribution < 1.29 is 50.6 Å². The number of nitro benzene ring substituents is 1. The van der Waals surface area contributed by atoms with Crippen LogP contribution < -0.4 is 40.2 Å². The molecule has 0 aliphatic heterocycles. The van der Waals surface area contributed by atoms with Gasteiger partial charge in [0.1, 0.15) is 6.04 Å². The van der Waals surface area contributed by atoms with Crippen molar-refractivity contribution in [2.45, 2.75) is 13.0 Å². The summed E-state index contributed by atoms with van der Waals surface area (Å²) in [5.74, 6) is -1.55.